The lowest BCUT2D eigenvalue weighted by atomic mass is 10.1. The Morgan fingerprint density at radius 2 is 1.77 bits per heavy atom. The molecule has 2 amide bonds. The second-order valence-corrected chi connectivity index (χ2v) is 9.76. The Balaban J connectivity index is 1.36. The van der Waals surface area contributed by atoms with E-state index in [0.717, 1.165) is 31.4 Å². The quantitative estimate of drug-likeness (QED) is 0.862. The van der Waals surface area contributed by atoms with Crippen LogP contribution in [0.1, 0.15) is 55.9 Å². The smallest absolute Gasteiger partial charge is 0.321 e. The number of hydrogen-bond acceptors (Lipinski definition) is 5. The van der Waals surface area contributed by atoms with Crippen molar-refractivity contribution < 1.29 is 17.7 Å². The molecule has 3 fully saturated rings. The lowest BCUT2D eigenvalue weighted by Gasteiger charge is -2.33. The highest BCUT2D eigenvalue weighted by atomic mass is 32.2. The third-order valence-corrected chi connectivity index (χ3v) is 8.04. The molecule has 0 bridgehead atoms. The highest BCUT2D eigenvalue weighted by molar-refractivity contribution is 7.89. The molecule has 1 N–H and O–H groups in total. The summed E-state index contributed by atoms with van der Waals surface area (Å²) in [5, 5.41) is 6.53. The third kappa shape index (κ3) is 3.34. The average Bonchev–Trinajstić information content (AvgIpc) is 3.18. The minimum atomic E-state index is -3.23. The molecule has 1 aromatic rings. The number of aryl methyl sites for hydroxylation is 1. The Morgan fingerprint density at radius 3 is 2.38 bits per heavy atom. The van der Waals surface area contributed by atoms with Gasteiger partial charge in [-0.05, 0) is 45.4 Å². The maximum Gasteiger partial charge on any atom is 0.321 e. The standard InChI is InChI=1S/C17H26N4O4S/c1-12-15(16(25-19-12)13-4-5-13)18-17(22)20-10-6-14(7-11-20)26(23,24)21-8-2-3-9-21/h13-14H,2-11H2,1H3,(H,18,22). The van der Waals surface area contributed by atoms with E-state index in [2.05, 4.69) is 10.5 Å². The number of amides is 2. The van der Waals surface area contributed by atoms with Crippen molar-refractivity contribution in [3.05, 3.63) is 11.5 Å². The van der Waals surface area contributed by atoms with Gasteiger partial charge in [-0.15, -0.1) is 0 Å². The van der Waals surface area contributed by atoms with Crippen molar-refractivity contribution in [2.75, 3.05) is 31.5 Å². The molecule has 0 unspecified atom stereocenters. The Labute approximate surface area is 153 Å². The molecule has 0 aromatic carbocycles. The maximum atomic E-state index is 12.7. The van der Waals surface area contributed by atoms with Gasteiger partial charge in [-0.1, -0.05) is 5.16 Å². The Morgan fingerprint density at radius 1 is 1.12 bits per heavy atom. The summed E-state index contributed by atoms with van der Waals surface area (Å²) < 4.78 is 32.3. The fourth-order valence-electron chi connectivity index (χ4n) is 3.86. The van der Waals surface area contributed by atoms with Crippen LogP contribution in [0.25, 0.3) is 0 Å². The van der Waals surface area contributed by atoms with E-state index >= 15 is 0 Å². The van der Waals surface area contributed by atoms with Crippen molar-refractivity contribution in [3.63, 3.8) is 0 Å². The van der Waals surface area contributed by atoms with Crippen molar-refractivity contribution in [2.45, 2.75) is 56.6 Å². The molecule has 1 saturated carbocycles. The molecule has 9 heteroatoms. The number of sulfonamides is 1. The summed E-state index contributed by atoms with van der Waals surface area (Å²) in [4.78, 5) is 14.3. The van der Waals surface area contributed by atoms with E-state index in [4.69, 9.17) is 4.52 Å². The van der Waals surface area contributed by atoms with Crippen molar-refractivity contribution >= 4 is 21.7 Å². The molecule has 4 rings (SSSR count). The normalized spacial score (nSPS) is 22.7. The van der Waals surface area contributed by atoms with Crippen LogP contribution in [0.2, 0.25) is 0 Å². The predicted octanol–water partition coefficient (Wildman–Crippen LogP) is 2.28. The number of nitrogens with one attached hydrogen (secondary N) is 1. The molecule has 1 aliphatic carbocycles. The lowest BCUT2D eigenvalue weighted by Crippen LogP contribution is -2.47. The van der Waals surface area contributed by atoms with Crippen molar-refractivity contribution in [1.82, 2.24) is 14.4 Å². The molecule has 1 aromatic heterocycles. The van der Waals surface area contributed by atoms with E-state index in [0.29, 0.717) is 56.3 Å². The van der Waals surface area contributed by atoms with E-state index in [-0.39, 0.29) is 11.3 Å². The Bertz CT molecular complexity index is 773. The Kier molecular flexibility index (Phi) is 4.68. The van der Waals surface area contributed by atoms with Gasteiger partial charge in [0, 0.05) is 32.1 Å². The minimum Gasteiger partial charge on any atom is -0.359 e. The summed E-state index contributed by atoms with van der Waals surface area (Å²) in [6.07, 6.45) is 5.01. The molecule has 144 valence electrons. The number of urea groups is 1. The second-order valence-electron chi connectivity index (χ2n) is 7.55. The van der Waals surface area contributed by atoms with Gasteiger partial charge < -0.3 is 14.7 Å². The highest BCUT2D eigenvalue weighted by Crippen LogP contribution is 2.44. The van der Waals surface area contributed by atoms with Crippen LogP contribution in [-0.2, 0) is 10.0 Å². The summed E-state index contributed by atoms with van der Waals surface area (Å²) >= 11 is 0. The van der Waals surface area contributed by atoms with Gasteiger partial charge in [-0.2, -0.15) is 0 Å². The molecule has 3 aliphatic rings. The molecule has 0 spiro atoms. The number of aromatic nitrogens is 1. The summed E-state index contributed by atoms with van der Waals surface area (Å²) in [6, 6.07) is -0.199. The zero-order chi connectivity index (χ0) is 18.3. The molecule has 2 saturated heterocycles. The SMILES string of the molecule is Cc1noc(C2CC2)c1NC(=O)N1CCC(S(=O)(=O)N2CCCC2)CC1. The number of carbonyl (C=O) groups excluding carboxylic acids is 1. The molecule has 0 radical (unpaired) electrons. The number of hydrogen-bond donors (Lipinski definition) is 1. The number of piperidine rings is 1. The molecular weight excluding hydrogens is 356 g/mol. The summed E-state index contributed by atoms with van der Waals surface area (Å²) in [5.74, 6) is 1.13. The maximum absolute atomic E-state index is 12.7. The Hall–Kier alpha value is -1.61. The molecular formula is C17H26N4O4S. The number of rotatable bonds is 4. The van der Waals surface area contributed by atoms with E-state index in [1.807, 2.05) is 6.92 Å². The van der Waals surface area contributed by atoms with Crippen LogP contribution in [0.15, 0.2) is 4.52 Å². The van der Waals surface area contributed by atoms with Crippen LogP contribution in [-0.4, -0.2) is 60.2 Å². The summed E-state index contributed by atoms with van der Waals surface area (Å²) in [6.45, 7) is 4.00. The van der Waals surface area contributed by atoms with Gasteiger partial charge in [-0.25, -0.2) is 17.5 Å². The number of likely N-dealkylation sites (tertiary alicyclic amines) is 1. The van der Waals surface area contributed by atoms with Crippen molar-refractivity contribution in [3.8, 4) is 0 Å². The first-order valence-electron chi connectivity index (χ1n) is 9.48. The highest BCUT2D eigenvalue weighted by Gasteiger charge is 2.37. The minimum absolute atomic E-state index is 0.199. The van der Waals surface area contributed by atoms with Crippen molar-refractivity contribution in [1.29, 1.82) is 0 Å². The zero-order valence-corrected chi connectivity index (χ0v) is 15.9. The fraction of sp³-hybridized carbons (Fsp3) is 0.765. The predicted molar refractivity (Wildman–Crippen MR) is 96.6 cm³/mol. The molecule has 2 aliphatic heterocycles. The first-order chi connectivity index (χ1) is 12.5. The van der Waals surface area contributed by atoms with Crippen LogP contribution in [0.5, 0.6) is 0 Å². The topological polar surface area (TPSA) is 95.7 Å². The van der Waals surface area contributed by atoms with Gasteiger partial charge in [0.05, 0.1) is 5.25 Å². The monoisotopic (exact) mass is 382 g/mol. The van der Waals surface area contributed by atoms with E-state index < -0.39 is 10.0 Å². The van der Waals surface area contributed by atoms with Gasteiger partial charge in [0.1, 0.15) is 11.4 Å². The van der Waals surface area contributed by atoms with Crippen LogP contribution in [0.3, 0.4) is 0 Å². The van der Waals surface area contributed by atoms with Crippen LogP contribution in [0, 0.1) is 6.92 Å². The number of nitrogens with zero attached hydrogens (tertiary/aromatic N) is 3. The van der Waals surface area contributed by atoms with Gasteiger partial charge in [0.15, 0.2) is 5.76 Å². The van der Waals surface area contributed by atoms with Crippen LogP contribution >= 0.6 is 0 Å². The lowest BCUT2D eigenvalue weighted by molar-refractivity contribution is 0.199. The van der Waals surface area contributed by atoms with E-state index in [1.165, 1.54) is 0 Å². The van der Waals surface area contributed by atoms with E-state index in [1.54, 1.807) is 9.21 Å². The van der Waals surface area contributed by atoms with Gasteiger partial charge in [-0.3, -0.25) is 0 Å². The molecule has 3 heterocycles. The summed E-state index contributed by atoms with van der Waals surface area (Å²) in [5.41, 5.74) is 1.37. The first-order valence-corrected chi connectivity index (χ1v) is 11.0. The molecule has 26 heavy (non-hydrogen) atoms. The summed E-state index contributed by atoms with van der Waals surface area (Å²) in [7, 11) is -3.23. The second kappa shape index (κ2) is 6.84. The van der Waals surface area contributed by atoms with Gasteiger partial charge in [0.25, 0.3) is 0 Å². The first kappa shape index (κ1) is 17.8. The fourth-order valence-corrected chi connectivity index (χ4v) is 5.85. The number of carbonyl (C=O) groups is 1. The van der Waals surface area contributed by atoms with Gasteiger partial charge in [0.2, 0.25) is 10.0 Å². The average molecular weight is 382 g/mol. The molecule has 8 nitrogen and oxygen atoms in total. The zero-order valence-electron chi connectivity index (χ0n) is 15.1. The molecule has 0 atom stereocenters. The number of anilines is 1. The van der Waals surface area contributed by atoms with Crippen LogP contribution in [0.4, 0.5) is 10.5 Å². The van der Waals surface area contributed by atoms with Gasteiger partial charge >= 0.3 is 6.03 Å². The van der Waals surface area contributed by atoms with Crippen LogP contribution < -0.4 is 5.32 Å². The van der Waals surface area contributed by atoms with Crippen molar-refractivity contribution in [2.24, 2.45) is 0 Å². The largest absolute Gasteiger partial charge is 0.359 e. The third-order valence-electron chi connectivity index (χ3n) is 5.64. The van der Waals surface area contributed by atoms with E-state index in [9.17, 15) is 13.2 Å².